The van der Waals surface area contributed by atoms with Gasteiger partial charge in [-0.15, -0.1) is 11.3 Å². The summed E-state index contributed by atoms with van der Waals surface area (Å²) in [7, 11) is 0.812. The SMILES string of the molecule is CPc1nc2c(s1)C=CC(C)C=C2. The molecule has 0 fully saturated rings. The third kappa shape index (κ3) is 1.90. The monoisotopic (exact) mass is 209 g/mol. The van der Waals surface area contributed by atoms with Crippen LogP contribution >= 0.6 is 19.9 Å². The van der Waals surface area contributed by atoms with Crippen LogP contribution in [-0.2, 0) is 0 Å². The lowest BCUT2D eigenvalue weighted by Crippen LogP contribution is -1.89. The Labute approximate surface area is 84.4 Å². The van der Waals surface area contributed by atoms with E-state index in [-0.39, 0.29) is 0 Å². The average Bonchev–Trinajstić information content (AvgIpc) is 2.47. The van der Waals surface area contributed by atoms with E-state index in [0.29, 0.717) is 5.92 Å². The van der Waals surface area contributed by atoms with Gasteiger partial charge in [0, 0.05) is 0 Å². The number of thiazole rings is 1. The van der Waals surface area contributed by atoms with Gasteiger partial charge >= 0.3 is 0 Å². The van der Waals surface area contributed by atoms with E-state index in [1.165, 1.54) is 9.63 Å². The fraction of sp³-hybridized carbons (Fsp3) is 0.300. The molecule has 1 aromatic rings. The molecule has 1 aliphatic rings. The second-order valence-corrected chi connectivity index (χ2v) is 5.46. The molecule has 1 nitrogen and oxygen atoms in total. The largest absolute Gasteiger partial charge is 0.237 e. The van der Waals surface area contributed by atoms with Gasteiger partial charge in [0.15, 0.2) is 0 Å². The molecule has 0 aromatic carbocycles. The van der Waals surface area contributed by atoms with E-state index >= 15 is 0 Å². The first-order valence-corrected chi connectivity index (χ1v) is 6.66. The van der Waals surface area contributed by atoms with Crippen LogP contribution in [0.25, 0.3) is 12.2 Å². The molecule has 0 bridgehead atoms. The molecule has 3 heteroatoms. The Kier molecular flexibility index (Phi) is 2.61. The van der Waals surface area contributed by atoms with Gasteiger partial charge in [-0.05, 0) is 24.7 Å². The van der Waals surface area contributed by atoms with Gasteiger partial charge in [-0.2, -0.15) is 0 Å². The Morgan fingerprint density at radius 2 is 2.15 bits per heavy atom. The molecular weight excluding hydrogens is 197 g/mol. The van der Waals surface area contributed by atoms with E-state index < -0.39 is 0 Å². The second kappa shape index (κ2) is 3.73. The van der Waals surface area contributed by atoms with Gasteiger partial charge in [0.2, 0.25) is 0 Å². The standard InChI is InChI=1S/C10H12NPS/c1-7-3-5-8-9(6-4-7)13-10(11-8)12-2/h3-7,12H,1-2H3. The zero-order valence-electron chi connectivity index (χ0n) is 7.74. The highest BCUT2D eigenvalue weighted by Gasteiger charge is 2.07. The number of fused-ring (bicyclic) bond motifs is 1. The van der Waals surface area contributed by atoms with Crippen molar-refractivity contribution in [2.45, 2.75) is 6.92 Å². The number of hydrogen-bond donors (Lipinski definition) is 0. The minimum atomic E-state index is 0.536. The van der Waals surface area contributed by atoms with Crippen LogP contribution in [-0.4, -0.2) is 11.6 Å². The van der Waals surface area contributed by atoms with Crippen molar-refractivity contribution >= 4 is 36.8 Å². The number of rotatable bonds is 1. The number of nitrogens with zero attached hydrogens (tertiary/aromatic N) is 1. The van der Waals surface area contributed by atoms with Crippen LogP contribution in [0.15, 0.2) is 12.2 Å². The van der Waals surface area contributed by atoms with Gasteiger partial charge in [-0.3, -0.25) is 0 Å². The minimum Gasteiger partial charge on any atom is -0.237 e. The Morgan fingerprint density at radius 3 is 2.92 bits per heavy atom. The van der Waals surface area contributed by atoms with Gasteiger partial charge in [-0.25, -0.2) is 4.98 Å². The molecule has 0 radical (unpaired) electrons. The van der Waals surface area contributed by atoms with Crippen molar-refractivity contribution in [1.29, 1.82) is 0 Å². The Hall–Kier alpha value is -0.460. The molecule has 1 aliphatic carbocycles. The van der Waals surface area contributed by atoms with E-state index in [1.54, 1.807) is 0 Å². The summed E-state index contributed by atoms with van der Waals surface area (Å²) < 4.78 is 1.26. The summed E-state index contributed by atoms with van der Waals surface area (Å²) in [6.07, 6.45) is 8.76. The molecule has 2 unspecified atom stereocenters. The highest BCUT2D eigenvalue weighted by molar-refractivity contribution is 7.55. The predicted octanol–water partition coefficient (Wildman–Crippen LogP) is 2.75. The van der Waals surface area contributed by atoms with Gasteiger partial charge in [0.25, 0.3) is 0 Å². The van der Waals surface area contributed by atoms with Crippen molar-refractivity contribution < 1.29 is 0 Å². The Balaban J connectivity index is 2.42. The summed E-state index contributed by atoms with van der Waals surface area (Å²) in [4.78, 5) is 5.87. The Bertz CT molecular complexity index is 334. The van der Waals surface area contributed by atoms with E-state index in [9.17, 15) is 0 Å². The minimum absolute atomic E-state index is 0.536. The van der Waals surface area contributed by atoms with Gasteiger partial charge in [0.1, 0.15) is 4.75 Å². The third-order valence-electron chi connectivity index (χ3n) is 2.00. The maximum Gasteiger partial charge on any atom is 0.113 e. The van der Waals surface area contributed by atoms with Crippen LogP contribution in [0.1, 0.15) is 17.5 Å². The van der Waals surface area contributed by atoms with Crippen LogP contribution in [0.2, 0.25) is 0 Å². The lowest BCUT2D eigenvalue weighted by molar-refractivity contribution is 0.953. The lowest BCUT2D eigenvalue weighted by Gasteiger charge is -1.91. The molecule has 1 heterocycles. The van der Waals surface area contributed by atoms with Crippen LogP contribution in [0.5, 0.6) is 0 Å². The first kappa shape index (κ1) is 9.11. The highest BCUT2D eigenvalue weighted by atomic mass is 32.1. The van der Waals surface area contributed by atoms with Crippen molar-refractivity contribution in [2.24, 2.45) is 5.92 Å². The molecule has 68 valence electrons. The van der Waals surface area contributed by atoms with Gasteiger partial charge in [-0.1, -0.05) is 27.7 Å². The first-order chi connectivity index (χ1) is 6.29. The Morgan fingerprint density at radius 1 is 1.38 bits per heavy atom. The normalized spacial score (nSPS) is 20.9. The molecule has 2 atom stereocenters. The quantitative estimate of drug-likeness (QED) is 0.648. The van der Waals surface area contributed by atoms with E-state index in [0.717, 1.165) is 14.3 Å². The highest BCUT2D eigenvalue weighted by Crippen LogP contribution is 2.23. The van der Waals surface area contributed by atoms with E-state index in [2.05, 4.69) is 42.9 Å². The van der Waals surface area contributed by atoms with Crippen LogP contribution in [0.4, 0.5) is 0 Å². The molecular formula is C10H12NPS. The first-order valence-electron chi connectivity index (χ1n) is 4.34. The summed E-state index contributed by atoms with van der Waals surface area (Å²) in [5, 5.41) is 0. The summed E-state index contributed by atoms with van der Waals surface area (Å²) in [6.45, 7) is 4.36. The predicted molar refractivity (Wildman–Crippen MR) is 63.2 cm³/mol. The summed E-state index contributed by atoms with van der Waals surface area (Å²) in [5.41, 5.74) is 1.15. The van der Waals surface area contributed by atoms with Crippen LogP contribution < -0.4 is 4.75 Å². The maximum atomic E-state index is 4.56. The van der Waals surface area contributed by atoms with E-state index in [1.807, 2.05) is 11.3 Å². The van der Waals surface area contributed by atoms with Crippen LogP contribution in [0.3, 0.4) is 0 Å². The number of allylic oxidation sites excluding steroid dienone is 2. The molecule has 2 rings (SSSR count). The maximum absolute atomic E-state index is 4.56. The topological polar surface area (TPSA) is 12.9 Å². The van der Waals surface area contributed by atoms with Crippen molar-refractivity contribution in [2.75, 3.05) is 6.66 Å². The molecule has 13 heavy (non-hydrogen) atoms. The summed E-state index contributed by atoms with van der Waals surface area (Å²) in [6, 6.07) is 0. The van der Waals surface area contributed by atoms with Gasteiger partial charge < -0.3 is 0 Å². The molecule has 0 aliphatic heterocycles. The number of hydrogen-bond acceptors (Lipinski definition) is 2. The van der Waals surface area contributed by atoms with Crippen molar-refractivity contribution in [3.05, 3.63) is 22.7 Å². The van der Waals surface area contributed by atoms with Crippen molar-refractivity contribution in [3.8, 4) is 0 Å². The zero-order chi connectivity index (χ0) is 9.26. The summed E-state index contributed by atoms with van der Waals surface area (Å²) in [5.74, 6) is 0.536. The second-order valence-electron chi connectivity index (χ2n) is 3.10. The third-order valence-corrected chi connectivity index (χ3v) is 4.31. The molecule has 1 aromatic heterocycles. The van der Waals surface area contributed by atoms with Crippen molar-refractivity contribution in [3.63, 3.8) is 0 Å². The van der Waals surface area contributed by atoms with Crippen LogP contribution in [0, 0.1) is 5.92 Å². The zero-order valence-corrected chi connectivity index (χ0v) is 9.56. The fourth-order valence-electron chi connectivity index (χ4n) is 1.24. The van der Waals surface area contributed by atoms with Crippen molar-refractivity contribution in [1.82, 2.24) is 4.98 Å². The number of aromatic nitrogens is 1. The molecule has 0 N–H and O–H groups in total. The lowest BCUT2D eigenvalue weighted by atomic mass is 10.2. The molecule has 0 amide bonds. The smallest absolute Gasteiger partial charge is 0.113 e. The molecule has 0 saturated carbocycles. The fourth-order valence-corrected chi connectivity index (χ4v) is 2.92. The van der Waals surface area contributed by atoms with E-state index in [4.69, 9.17) is 0 Å². The van der Waals surface area contributed by atoms with Gasteiger partial charge in [0.05, 0.1) is 10.6 Å². The summed E-state index contributed by atoms with van der Waals surface area (Å²) >= 11 is 1.81. The average molecular weight is 209 g/mol. The molecule has 0 spiro atoms. The molecule has 0 saturated heterocycles.